The first-order chi connectivity index (χ1) is 12.5. The van der Waals surface area contributed by atoms with Crippen LogP contribution in [0.1, 0.15) is 17.4 Å². The number of halogens is 1. The van der Waals surface area contributed by atoms with Crippen molar-refractivity contribution in [3.63, 3.8) is 0 Å². The van der Waals surface area contributed by atoms with E-state index in [0.29, 0.717) is 37.6 Å². The van der Waals surface area contributed by atoms with Crippen molar-refractivity contribution in [3.8, 4) is 0 Å². The van der Waals surface area contributed by atoms with E-state index in [-0.39, 0.29) is 17.9 Å². The maximum absolute atomic E-state index is 13.2. The molecule has 0 spiro atoms. The van der Waals surface area contributed by atoms with Crippen LogP contribution in [-0.2, 0) is 4.79 Å². The molecule has 26 heavy (non-hydrogen) atoms. The minimum atomic E-state index is -0.397. The van der Waals surface area contributed by atoms with Crippen LogP contribution < -0.4 is 5.32 Å². The third-order valence-electron chi connectivity index (χ3n) is 4.40. The molecule has 1 unspecified atom stereocenters. The summed E-state index contributed by atoms with van der Waals surface area (Å²) in [6.07, 6.45) is 4.46. The van der Waals surface area contributed by atoms with Gasteiger partial charge in [0.1, 0.15) is 11.5 Å². The number of rotatable bonds is 4. The van der Waals surface area contributed by atoms with Gasteiger partial charge >= 0.3 is 0 Å². The average Bonchev–Trinajstić information content (AvgIpc) is 2.67. The second-order valence-electron chi connectivity index (χ2n) is 6.09. The van der Waals surface area contributed by atoms with Crippen LogP contribution in [-0.4, -0.2) is 63.8 Å². The summed E-state index contributed by atoms with van der Waals surface area (Å²) in [6, 6.07) is 5.42. The van der Waals surface area contributed by atoms with Crippen molar-refractivity contribution in [2.75, 3.05) is 31.5 Å². The molecule has 8 heteroatoms. The normalized spacial score (nSPS) is 16.2. The van der Waals surface area contributed by atoms with Crippen molar-refractivity contribution in [3.05, 3.63) is 54.4 Å². The van der Waals surface area contributed by atoms with E-state index in [9.17, 15) is 14.0 Å². The number of anilines is 1. The summed E-state index contributed by atoms with van der Waals surface area (Å²) in [5.41, 5.74) is 0.746. The number of hydrogen-bond donors (Lipinski definition) is 1. The van der Waals surface area contributed by atoms with Gasteiger partial charge in [-0.1, -0.05) is 6.07 Å². The van der Waals surface area contributed by atoms with E-state index >= 15 is 0 Å². The van der Waals surface area contributed by atoms with Crippen LogP contribution in [0.2, 0.25) is 0 Å². The van der Waals surface area contributed by atoms with Gasteiger partial charge in [0, 0.05) is 44.3 Å². The maximum Gasteiger partial charge on any atom is 0.274 e. The molecule has 2 heterocycles. The number of nitrogens with zero attached hydrogens (tertiary/aromatic N) is 4. The highest BCUT2D eigenvalue weighted by molar-refractivity contribution is 5.94. The minimum Gasteiger partial charge on any atom is -0.335 e. The van der Waals surface area contributed by atoms with Gasteiger partial charge in [-0.25, -0.2) is 9.37 Å². The summed E-state index contributed by atoms with van der Waals surface area (Å²) in [6.45, 7) is 3.96. The van der Waals surface area contributed by atoms with Gasteiger partial charge in [-0.15, -0.1) is 0 Å². The average molecular weight is 357 g/mol. The summed E-state index contributed by atoms with van der Waals surface area (Å²) >= 11 is 0. The lowest BCUT2D eigenvalue weighted by molar-refractivity contribution is -0.121. The molecule has 1 N–H and O–H groups in total. The standard InChI is InChI=1S/C18H20FN5O2/c1-13(17(25)22-15-4-2-3-14(19)11-15)23-7-9-24(10-8-23)18(26)16-12-20-5-6-21-16/h2-6,11-13H,7-10H2,1H3,(H,22,25). The van der Waals surface area contributed by atoms with E-state index in [0.717, 1.165) is 0 Å². The zero-order chi connectivity index (χ0) is 18.5. The van der Waals surface area contributed by atoms with Crippen LogP contribution in [0.5, 0.6) is 0 Å². The summed E-state index contributed by atoms with van der Waals surface area (Å²) in [7, 11) is 0. The highest BCUT2D eigenvalue weighted by Gasteiger charge is 2.28. The second-order valence-corrected chi connectivity index (χ2v) is 6.09. The van der Waals surface area contributed by atoms with E-state index in [2.05, 4.69) is 15.3 Å². The van der Waals surface area contributed by atoms with Crippen molar-refractivity contribution in [1.29, 1.82) is 0 Å². The molecule has 1 atom stereocenters. The molecule has 3 rings (SSSR count). The number of benzene rings is 1. The third-order valence-corrected chi connectivity index (χ3v) is 4.40. The van der Waals surface area contributed by atoms with Crippen LogP contribution >= 0.6 is 0 Å². The molecule has 0 saturated carbocycles. The van der Waals surface area contributed by atoms with Crippen LogP contribution in [0.25, 0.3) is 0 Å². The van der Waals surface area contributed by atoms with E-state index in [4.69, 9.17) is 0 Å². The topological polar surface area (TPSA) is 78.4 Å². The van der Waals surface area contributed by atoms with Crippen molar-refractivity contribution in [2.24, 2.45) is 0 Å². The molecular weight excluding hydrogens is 337 g/mol. The predicted octanol–water partition coefficient (Wildman–Crippen LogP) is 1.40. The summed E-state index contributed by atoms with van der Waals surface area (Å²) in [5.74, 6) is -0.759. The van der Waals surface area contributed by atoms with Gasteiger partial charge in [0.05, 0.1) is 12.2 Å². The molecule has 1 aliphatic rings. The van der Waals surface area contributed by atoms with Gasteiger partial charge in [-0.2, -0.15) is 0 Å². The number of nitrogens with one attached hydrogen (secondary N) is 1. The summed E-state index contributed by atoms with van der Waals surface area (Å²) < 4.78 is 13.2. The fourth-order valence-electron chi connectivity index (χ4n) is 2.86. The fourth-order valence-corrected chi connectivity index (χ4v) is 2.86. The Hall–Kier alpha value is -2.87. The van der Waals surface area contributed by atoms with Crippen LogP contribution in [0.3, 0.4) is 0 Å². The Morgan fingerprint density at radius 1 is 1.19 bits per heavy atom. The van der Waals surface area contributed by atoms with E-state index in [1.807, 2.05) is 4.90 Å². The first kappa shape index (κ1) is 17.9. The fraction of sp³-hybridized carbons (Fsp3) is 0.333. The minimum absolute atomic E-state index is 0.158. The molecule has 1 aromatic heterocycles. The van der Waals surface area contributed by atoms with Gasteiger partial charge < -0.3 is 10.2 Å². The lowest BCUT2D eigenvalue weighted by atomic mass is 10.2. The molecule has 0 aliphatic carbocycles. The maximum atomic E-state index is 13.2. The Morgan fingerprint density at radius 2 is 1.96 bits per heavy atom. The molecule has 136 valence electrons. The molecule has 0 radical (unpaired) electrons. The van der Waals surface area contributed by atoms with E-state index < -0.39 is 5.82 Å². The highest BCUT2D eigenvalue weighted by Crippen LogP contribution is 2.13. The van der Waals surface area contributed by atoms with Crippen LogP contribution in [0, 0.1) is 5.82 Å². The van der Waals surface area contributed by atoms with Crippen LogP contribution in [0.15, 0.2) is 42.9 Å². The van der Waals surface area contributed by atoms with Gasteiger partial charge in [0.25, 0.3) is 5.91 Å². The highest BCUT2D eigenvalue weighted by atomic mass is 19.1. The van der Waals surface area contributed by atoms with Gasteiger partial charge in [0.15, 0.2) is 0 Å². The first-order valence-electron chi connectivity index (χ1n) is 8.40. The van der Waals surface area contributed by atoms with Crippen LogP contribution in [0.4, 0.5) is 10.1 Å². The molecule has 2 aromatic rings. The van der Waals surface area contributed by atoms with Crippen molar-refractivity contribution < 1.29 is 14.0 Å². The number of hydrogen-bond acceptors (Lipinski definition) is 5. The first-order valence-corrected chi connectivity index (χ1v) is 8.40. The van der Waals surface area contributed by atoms with Crippen molar-refractivity contribution in [1.82, 2.24) is 19.8 Å². The number of piperazine rings is 1. The lowest BCUT2D eigenvalue weighted by Crippen LogP contribution is -2.54. The Bertz CT molecular complexity index is 778. The van der Waals surface area contributed by atoms with Gasteiger partial charge in [0.2, 0.25) is 5.91 Å². The summed E-state index contributed by atoms with van der Waals surface area (Å²) in [4.78, 5) is 36.4. The molecule has 1 aromatic carbocycles. The van der Waals surface area contributed by atoms with E-state index in [1.165, 1.54) is 30.7 Å². The molecule has 1 fully saturated rings. The molecular formula is C18H20FN5O2. The Labute approximate surface area is 150 Å². The SMILES string of the molecule is CC(C(=O)Nc1cccc(F)c1)N1CCN(C(=O)c2cnccn2)CC1. The molecule has 1 saturated heterocycles. The molecule has 2 amide bonds. The van der Waals surface area contributed by atoms with E-state index in [1.54, 1.807) is 24.0 Å². The zero-order valence-electron chi connectivity index (χ0n) is 14.4. The summed E-state index contributed by atoms with van der Waals surface area (Å²) in [5, 5.41) is 2.72. The number of aromatic nitrogens is 2. The number of amides is 2. The molecule has 1 aliphatic heterocycles. The second kappa shape index (κ2) is 8.01. The Kier molecular flexibility index (Phi) is 5.52. The van der Waals surface area contributed by atoms with Crippen molar-refractivity contribution in [2.45, 2.75) is 13.0 Å². The molecule has 0 bridgehead atoms. The third kappa shape index (κ3) is 4.20. The van der Waals surface area contributed by atoms with Gasteiger partial charge in [-0.3, -0.25) is 19.5 Å². The number of carbonyl (C=O) groups excluding carboxylic acids is 2. The molecule has 7 nitrogen and oxygen atoms in total. The quantitative estimate of drug-likeness (QED) is 0.895. The lowest BCUT2D eigenvalue weighted by Gasteiger charge is -2.37. The Balaban J connectivity index is 1.54. The zero-order valence-corrected chi connectivity index (χ0v) is 14.4. The largest absolute Gasteiger partial charge is 0.335 e. The monoisotopic (exact) mass is 357 g/mol. The van der Waals surface area contributed by atoms with Gasteiger partial charge in [-0.05, 0) is 25.1 Å². The number of carbonyl (C=O) groups is 2. The Morgan fingerprint density at radius 3 is 2.62 bits per heavy atom. The van der Waals surface area contributed by atoms with Crippen molar-refractivity contribution >= 4 is 17.5 Å². The predicted molar refractivity (Wildman–Crippen MR) is 94.0 cm³/mol. The smallest absolute Gasteiger partial charge is 0.274 e.